The highest BCUT2D eigenvalue weighted by Crippen LogP contribution is 2.22. The Bertz CT molecular complexity index is 1010. The molecule has 8 heteroatoms. The Labute approximate surface area is 180 Å². The van der Waals surface area contributed by atoms with E-state index in [4.69, 9.17) is 0 Å². The van der Waals surface area contributed by atoms with Gasteiger partial charge in [0.05, 0.1) is 12.5 Å². The van der Waals surface area contributed by atoms with Crippen LogP contribution in [0.4, 0.5) is 0 Å². The zero-order valence-corrected chi connectivity index (χ0v) is 18.3. The lowest BCUT2D eigenvalue weighted by atomic mass is 10.1. The van der Waals surface area contributed by atoms with Gasteiger partial charge in [0.2, 0.25) is 5.91 Å². The van der Waals surface area contributed by atoms with E-state index < -0.39 is 0 Å². The Morgan fingerprint density at radius 1 is 1.30 bits per heavy atom. The summed E-state index contributed by atoms with van der Waals surface area (Å²) in [5.74, 6) is 0.265. The van der Waals surface area contributed by atoms with Gasteiger partial charge in [-0.2, -0.15) is 11.3 Å². The molecule has 0 aliphatic heterocycles. The Morgan fingerprint density at radius 2 is 2.10 bits per heavy atom. The fraction of sp³-hybridized carbons (Fsp3) is 0.364. The van der Waals surface area contributed by atoms with Gasteiger partial charge in [-0.05, 0) is 54.5 Å². The fourth-order valence-electron chi connectivity index (χ4n) is 3.48. The molecule has 0 fully saturated rings. The monoisotopic (exact) mass is 425 g/mol. The first-order valence-corrected chi connectivity index (χ1v) is 11.0. The van der Waals surface area contributed by atoms with Crippen LogP contribution in [0.1, 0.15) is 36.7 Å². The molecule has 0 bridgehead atoms. The van der Waals surface area contributed by atoms with E-state index in [2.05, 4.69) is 50.5 Å². The number of nitrogens with zero attached hydrogens (tertiary/aromatic N) is 3. The van der Waals surface area contributed by atoms with Gasteiger partial charge >= 0.3 is 0 Å². The van der Waals surface area contributed by atoms with Gasteiger partial charge in [-0.15, -0.1) is 0 Å². The molecule has 1 amide bonds. The molecule has 0 spiro atoms. The van der Waals surface area contributed by atoms with E-state index in [9.17, 15) is 9.59 Å². The summed E-state index contributed by atoms with van der Waals surface area (Å²) in [6, 6.07) is 5.82. The van der Waals surface area contributed by atoms with Crippen molar-refractivity contribution in [3.05, 3.63) is 68.5 Å². The number of aromatic nitrogens is 3. The molecular formula is C22H27N5O2S. The first-order chi connectivity index (χ1) is 14.5. The molecule has 0 aliphatic carbocycles. The molecular weight excluding hydrogens is 398 g/mol. The van der Waals surface area contributed by atoms with E-state index >= 15 is 0 Å². The van der Waals surface area contributed by atoms with Crippen molar-refractivity contribution in [2.24, 2.45) is 0 Å². The van der Waals surface area contributed by atoms with Crippen LogP contribution in [-0.2, 0) is 11.2 Å². The predicted octanol–water partition coefficient (Wildman–Crippen LogP) is 2.94. The molecule has 0 aliphatic rings. The second kappa shape index (κ2) is 10.3. The number of H-pyrrole nitrogens is 1. The minimum atomic E-state index is -0.297. The van der Waals surface area contributed by atoms with E-state index in [0.717, 1.165) is 18.7 Å². The Kier molecular flexibility index (Phi) is 7.48. The summed E-state index contributed by atoms with van der Waals surface area (Å²) in [5, 5.41) is 7.17. The van der Waals surface area contributed by atoms with Gasteiger partial charge < -0.3 is 10.3 Å². The second-order valence-corrected chi connectivity index (χ2v) is 7.77. The maximum absolute atomic E-state index is 12.6. The van der Waals surface area contributed by atoms with Gasteiger partial charge in [0.1, 0.15) is 5.82 Å². The van der Waals surface area contributed by atoms with Crippen LogP contribution in [0.5, 0.6) is 0 Å². The number of carbonyl (C=O) groups excluding carboxylic acids is 1. The van der Waals surface area contributed by atoms with Crippen molar-refractivity contribution in [3.63, 3.8) is 0 Å². The quantitative estimate of drug-likeness (QED) is 0.550. The van der Waals surface area contributed by atoms with Gasteiger partial charge in [0.15, 0.2) is 0 Å². The van der Waals surface area contributed by atoms with Crippen LogP contribution in [0.25, 0.3) is 11.4 Å². The van der Waals surface area contributed by atoms with Crippen molar-refractivity contribution >= 4 is 17.2 Å². The third kappa shape index (κ3) is 5.20. The Balaban J connectivity index is 1.70. The number of rotatable bonds is 9. The average molecular weight is 426 g/mol. The summed E-state index contributed by atoms with van der Waals surface area (Å²) in [5.41, 5.74) is 2.56. The lowest BCUT2D eigenvalue weighted by Gasteiger charge is -2.29. The van der Waals surface area contributed by atoms with Crippen molar-refractivity contribution in [3.8, 4) is 11.4 Å². The first-order valence-electron chi connectivity index (χ1n) is 10.1. The maximum Gasteiger partial charge on any atom is 0.255 e. The molecule has 7 nitrogen and oxygen atoms in total. The lowest BCUT2D eigenvalue weighted by Crippen LogP contribution is -2.39. The van der Waals surface area contributed by atoms with Crippen LogP contribution in [0.2, 0.25) is 0 Å². The number of aryl methyl sites for hydroxylation is 1. The van der Waals surface area contributed by atoms with Gasteiger partial charge in [-0.1, -0.05) is 13.8 Å². The summed E-state index contributed by atoms with van der Waals surface area (Å²) in [4.78, 5) is 38.8. The summed E-state index contributed by atoms with van der Waals surface area (Å²) in [7, 11) is 0. The Hall–Kier alpha value is -2.84. The number of hydrogen-bond donors (Lipinski definition) is 2. The van der Waals surface area contributed by atoms with Crippen molar-refractivity contribution in [2.75, 3.05) is 19.6 Å². The van der Waals surface area contributed by atoms with E-state index in [1.165, 1.54) is 5.56 Å². The minimum Gasteiger partial charge on any atom is -0.354 e. The molecule has 3 aromatic rings. The number of amides is 1. The third-order valence-electron chi connectivity index (χ3n) is 5.17. The minimum absolute atomic E-state index is 0.00388. The van der Waals surface area contributed by atoms with Crippen molar-refractivity contribution in [2.45, 2.75) is 33.2 Å². The summed E-state index contributed by atoms with van der Waals surface area (Å²) in [6.07, 6.45) is 3.30. The second-order valence-electron chi connectivity index (χ2n) is 6.99. The first kappa shape index (κ1) is 21.9. The summed E-state index contributed by atoms with van der Waals surface area (Å²) in [6.45, 7) is 8.26. The molecule has 0 aromatic carbocycles. The molecule has 158 valence electrons. The van der Waals surface area contributed by atoms with Gasteiger partial charge in [0, 0.05) is 35.8 Å². The van der Waals surface area contributed by atoms with Crippen LogP contribution in [0.15, 0.2) is 46.1 Å². The van der Waals surface area contributed by atoms with E-state index in [0.29, 0.717) is 23.6 Å². The van der Waals surface area contributed by atoms with Crippen LogP contribution in [-0.4, -0.2) is 45.4 Å². The third-order valence-corrected chi connectivity index (χ3v) is 5.87. The molecule has 0 saturated carbocycles. The molecule has 3 heterocycles. The normalized spacial score (nSPS) is 12.1. The van der Waals surface area contributed by atoms with Gasteiger partial charge in [-0.3, -0.25) is 19.5 Å². The highest BCUT2D eigenvalue weighted by Gasteiger charge is 2.20. The lowest BCUT2D eigenvalue weighted by molar-refractivity contribution is -0.120. The van der Waals surface area contributed by atoms with Crippen molar-refractivity contribution in [1.82, 2.24) is 25.2 Å². The van der Waals surface area contributed by atoms with E-state index in [-0.39, 0.29) is 23.9 Å². The number of likely N-dealkylation sites (N-methyl/N-ethyl adjacent to an activating group) is 1. The maximum atomic E-state index is 12.6. The molecule has 3 rings (SSSR count). The molecule has 0 saturated heterocycles. The van der Waals surface area contributed by atoms with E-state index in [1.54, 1.807) is 36.7 Å². The number of pyridine rings is 1. The smallest absolute Gasteiger partial charge is 0.255 e. The van der Waals surface area contributed by atoms with Crippen LogP contribution in [0.3, 0.4) is 0 Å². The molecule has 1 atom stereocenters. The van der Waals surface area contributed by atoms with Gasteiger partial charge in [0.25, 0.3) is 5.56 Å². The number of thiophene rings is 1. The molecule has 3 aromatic heterocycles. The highest BCUT2D eigenvalue weighted by molar-refractivity contribution is 7.07. The molecule has 0 radical (unpaired) electrons. The zero-order chi connectivity index (χ0) is 21.5. The molecule has 2 N–H and O–H groups in total. The standard InChI is InChI=1S/C22H27N5O2S/c1-4-27(5-2)19(17-8-10-30-14-17)13-24-20(28)11-18-15(3)25-21(26-22(18)29)16-7-6-9-23-12-16/h6-10,12,14,19H,4-5,11,13H2,1-3H3,(H,24,28)(H,25,26,29). The van der Waals surface area contributed by atoms with Gasteiger partial charge in [-0.25, -0.2) is 4.98 Å². The number of aromatic amines is 1. The molecule has 1 unspecified atom stereocenters. The average Bonchev–Trinajstić information content (AvgIpc) is 3.28. The largest absolute Gasteiger partial charge is 0.354 e. The topological polar surface area (TPSA) is 91.0 Å². The number of nitrogens with one attached hydrogen (secondary N) is 2. The zero-order valence-electron chi connectivity index (χ0n) is 17.5. The van der Waals surface area contributed by atoms with Crippen LogP contribution in [0, 0.1) is 6.92 Å². The SMILES string of the molecule is CCN(CC)C(CNC(=O)Cc1c(C)nc(-c2cccnc2)[nH]c1=O)c1ccsc1. The van der Waals surface area contributed by atoms with Crippen molar-refractivity contribution < 1.29 is 4.79 Å². The van der Waals surface area contributed by atoms with Crippen LogP contribution >= 0.6 is 11.3 Å². The predicted molar refractivity (Wildman–Crippen MR) is 120 cm³/mol. The Morgan fingerprint density at radius 3 is 2.70 bits per heavy atom. The van der Waals surface area contributed by atoms with E-state index in [1.807, 2.05) is 11.4 Å². The van der Waals surface area contributed by atoms with Crippen molar-refractivity contribution in [1.29, 1.82) is 0 Å². The summed E-state index contributed by atoms with van der Waals surface area (Å²) < 4.78 is 0. The van der Waals surface area contributed by atoms with Crippen LogP contribution < -0.4 is 10.9 Å². The highest BCUT2D eigenvalue weighted by atomic mass is 32.1. The number of carbonyl (C=O) groups is 1. The fourth-order valence-corrected chi connectivity index (χ4v) is 4.19. The summed E-state index contributed by atoms with van der Waals surface area (Å²) >= 11 is 1.65. The number of hydrogen-bond acceptors (Lipinski definition) is 6. The molecule has 30 heavy (non-hydrogen) atoms.